The molecule has 0 bridgehead atoms. The Balaban J connectivity index is 1.31. The number of nitrogen functional groups attached to an aromatic ring is 1. The van der Waals surface area contributed by atoms with E-state index in [4.69, 9.17) is 34.7 Å². The fourth-order valence-corrected chi connectivity index (χ4v) is 5.57. The van der Waals surface area contributed by atoms with Crippen molar-refractivity contribution in [2.24, 2.45) is 5.73 Å². The second-order valence-electron chi connectivity index (χ2n) is 9.60. The van der Waals surface area contributed by atoms with E-state index >= 15 is 0 Å². The predicted molar refractivity (Wildman–Crippen MR) is 152 cm³/mol. The SMILES string of the molecule is NCCCn1cc(-c2ccc(N)cc2)c2cc(CN3CCN(Cc4c(Cl)cccc4Cl)CC3)ccc21. The van der Waals surface area contributed by atoms with E-state index < -0.39 is 0 Å². The predicted octanol–water partition coefficient (Wildman–Crippen LogP) is 5.86. The van der Waals surface area contributed by atoms with Crippen molar-refractivity contribution in [3.63, 3.8) is 0 Å². The van der Waals surface area contributed by atoms with Crippen LogP contribution in [0.5, 0.6) is 0 Å². The highest BCUT2D eigenvalue weighted by Gasteiger charge is 2.20. The van der Waals surface area contributed by atoms with Gasteiger partial charge in [0.25, 0.3) is 0 Å². The highest BCUT2D eigenvalue weighted by molar-refractivity contribution is 6.35. The van der Waals surface area contributed by atoms with Crippen LogP contribution in [-0.4, -0.2) is 47.1 Å². The Hall–Kier alpha value is -2.54. The molecule has 0 unspecified atom stereocenters. The quantitative estimate of drug-likeness (QED) is 0.285. The van der Waals surface area contributed by atoms with Crippen molar-refractivity contribution in [3.05, 3.63) is 88.0 Å². The third-order valence-electron chi connectivity index (χ3n) is 7.08. The average molecular weight is 523 g/mol. The van der Waals surface area contributed by atoms with Gasteiger partial charge in [-0.15, -0.1) is 0 Å². The van der Waals surface area contributed by atoms with Gasteiger partial charge in [-0.25, -0.2) is 0 Å². The average Bonchev–Trinajstić information content (AvgIpc) is 3.24. The number of aryl methyl sites for hydroxylation is 1. The van der Waals surface area contributed by atoms with Gasteiger partial charge in [0.2, 0.25) is 0 Å². The summed E-state index contributed by atoms with van der Waals surface area (Å²) >= 11 is 12.8. The lowest BCUT2D eigenvalue weighted by molar-refractivity contribution is 0.122. The van der Waals surface area contributed by atoms with Gasteiger partial charge in [0.1, 0.15) is 0 Å². The summed E-state index contributed by atoms with van der Waals surface area (Å²) in [5.74, 6) is 0. The van der Waals surface area contributed by atoms with E-state index in [1.807, 2.05) is 30.3 Å². The molecule has 0 saturated carbocycles. The van der Waals surface area contributed by atoms with Crippen LogP contribution < -0.4 is 11.5 Å². The van der Waals surface area contributed by atoms with Gasteiger partial charge in [-0.05, 0) is 60.5 Å². The van der Waals surface area contributed by atoms with Gasteiger partial charge in [-0.2, -0.15) is 0 Å². The molecule has 1 aliphatic rings. The number of aromatic nitrogens is 1. The zero-order valence-corrected chi connectivity index (χ0v) is 22.0. The van der Waals surface area contributed by atoms with Crippen LogP contribution >= 0.6 is 23.2 Å². The molecule has 4 aromatic rings. The summed E-state index contributed by atoms with van der Waals surface area (Å²) in [4.78, 5) is 4.96. The van der Waals surface area contributed by atoms with Crippen molar-refractivity contribution in [1.82, 2.24) is 14.4 Å². The molecule has 36 heavy (non-hydrogen) atoms. The monoisotopic (exact) mass is 521 g/mol. The zero-order valence-electron chi connectivity index (χ0n) is 20.5. The van der Waals surface area contributed by atoms with Crippen LogP contribution in [0.25, 0.3) is 22.0 Å². The second-order valence-corrected chi connectivity index (χ2v) is 10.4. The molecule has 0 aliphatic carbocycles. The first kappa shape index (κ1) is 25.1. The van der Waals surface area contributed by atoms with E-state index in [0.29, 0.717) is 6.54 Å². The molecule has 5 rings (SSSR count). The van der Waals surface area contributed by atoms with Crippen LogP contribution in [0.1, 0.15) is 17.5 Å². The minimum Gasteiger partial charge on any atom is -0.399 e. The molecule has 1 fully saturated rings. The Morgan fingerprint density at radius 3 is 2.14 bits per heavy atom. The third kappa shape index (κ3) is 5.56. The molecule has 3 aromatic carbocycles. The number of anilines is 1. The lowest BCUT2D eigenvalue weighted by atomic mass is 10.0. The molecule has 0 radical (unpaired) electrons. The first-order valence-electron chi connectivity index (χ1n) is 12.6. The van der Waals surface area contributed by atoms with Gasteiger partial charge in [0.05, 0.1) is 0 Å². The minimum absolute atomic E-state index is 0.684. The molecule has 1 aromatic heterocycles. The summed E-state index contributed by atoms with van der Waals surface area (Å²) in [7, 11) is 0. The van der Waals surface area contributed by atoms with E-state index in [1.165, 1.54) is 27.6 Å². The van der Waals surface area contributed by atoms with Crippen molar-refractivity contribution in [2.45, 2.75) is 26.1 Å². The highest BCUT2D eigenvalue weighted by atomic mass is 35.5. The van der Waals surface area contributed by atoms with Crippen molar-refractivity contribution in [2.75, 3.05) is 38.5 Å². The summed E-state index contributed by atoms with van der Waals surface area (Å²) in [6.45, 7) is 7.35. The number of hydrogen-bond donors (Lipinski definition) is 2. The van der Waals surface area contributed by atoms with Crippen molar-refractivity contribution >= 4 is 39.8 Å². The maximum atomic E-state index is 6.39. The molecule has 0 spiro atoms. The lowest BCUT2D eigenvalue weighted by Crippen LogP contribution is -2.45. The first-order chi connectivity index (χ1) is 17.5. The number of piperazine rings is 1. The molecule has 0 atom stereocenters. The number of hydrogen-bond acceptors (Lipinski definition) is 4. The fourth-order valence-electron chi connectivity index (χ4n) is 5.05. The van der Waals surface area contributed by atoms with Crippen LogP contribution in [-0.2, 0) is 19.6 Å². The van der Waals surface area contributed by atoms with E-state index in [1.54, 1.807) is 0 Å². The molecular weight excluding hydrogens is 489 g/mol. The molecule has 0 amide bonds. The van der Waals surface area contributed by atoms with Gasteiger partial charge < -0.3 is 16.0 Å². The number of benzene rings is 3. The first-order valence-corrected chi connectivity index (χ1v) is 13.3. The molecule has 7 heteroatoms. The molecule has 1 aliphatic heterocycles. The maximum Gasteiger partial charge on any atom is 0.0486 e. The Bertz CT molecular complexity index is 1300. The largest absolute Gasteiger partial charge is 0.399 e. The number of fused-ring (bicyclic) bond motifs is 1. The molecular formula is C29H33Cl2N5. The molecule has 2 heterocycles. The Kier molecular flexibility index (Phi) is 7.85. The number of rotatable bonds is 8. The van der Waals surface area contributed by atoms with Gasteiger partial charge >= 0.3 is 0 Å². The van der Waals surface area contributed by atoms with Gasteiger partial charge in [-0.3, -0.25) is 9.80 Å². The number of nitrogens with zero attached hydrogens (tertiary/aromatic N) is 3. The molecule has 5 nitrogen and oxygen atoms in total. The molecule has 1 saturated heterocycles. The number of nitrogens with two attached hydrogens (primary N) is 2. The van der Waals surface area contributed by atoms with Crippen LogP contribution in [0.4, 0.5) is 5.69 Å². The zero-order chi connectivity index (χ0) is 25.1. The Labute approximate surface area is 223 Å². The van der Waals surface area contributed by atoms with E-state index in [9.17, 15) is 0 Å². The van der Waals surface area contributed by atoms with Gasteiger partial charge in [-0.1, -0.05) is 47.5 Å². The van der Waals surface area contributed by atoms with Crippen molar-refractivity contribution < 1.29 is 0 Å². The van der Waals surface area contributed by atoms with Crippen molar-refractivity contribution in [3.8, 4) is 11.1 Å². The standard InChI is InChI=1S/C29H33Cl2N5/c30-27-3-1-4-28(31)26(27)19-35-15-13-34(14-16-35)18-21-5-10-29-24(17-21)25(20-36(29)12-2-11-32)22-6-8-23(33)9-7-22/h1,3-10,17,20H,2,11-16,18-19,32-33H2. The van der Waals surface area contributed by atoms with E-state index in [0.717, 1.165) is 73.5 Å². The summed E-state index contributed by atoms with van der Waals surface area (Å²) < 4.78 is 2.33. The molecule has 4 N–H and O–H groups in total. The van der Waals surface area contributed by atoms with Crippen molar-refractivity contribution in [1.29, 1.82) is 0 Å². The topological polar surface area (TPSA) is 63.5 Å². The van der Waals surface area contributed by atoms with Gasteiger partial charge in [0, 0.05) is 89.8 Å². The van der Waals surface area contributed by atoms with Gasteiger partial charge in [0.15, 0.2) is 0 Å². The maximum absolute atomic E-state index is 6.39. The smallest absolute Gasteiger partial charge is 0.0486 e. The van der Waals surface area contributed by atoms with E-state index in [-0.39, 0.29) is 0 Å². The van der Waals surface area contributed by atoms with Crippen LogP contribution in [0.2, 0.25) is 10.0 Å². The van der Waals surface area contributed by atoms with Crippen LogP contribution in [0.15, 0.2) is 66.9 Å². The third-order valence-corrected chi connectivity index (χ3v) is 7.79. The molecule has 188 valence electrons. The van der Waals surface area contributed by atoms with E-state index in [2.05, 4.69) is 50.9 Å². The Morgan fingerprint density at radius 2 is 1.47 bits per heavy atom. The second kappa shape index (κ2) is 11.2. The Morgan fingerprint density at radius 1 is 0.806 bits per heavy atom. The van der Waals surface area contributed by atoms with Crippen LogP contribution in [0.3, 0.4) is 0 Å². The fraction of sp³-hybridized carbons (Fsp3) is 0.310. The van der Waals surface area contributed by atoms with Crippen LogP contribution in [0, 0.1) is 0 Å². The minimum atomic E-state index is 0.684. The lowest BCUT2D eigenvalue weighted by Gasteiger charge is -2.35. The number of halogens is 2. The summed E-state index contributed by atoms with van der Waals surface area (Å²) in [6.07, 6.45) is 3.21. The summed E-state index contributed by atoms with van der Waals surface area (Å²) in [6, 6.07) is 20.8. The summed E-state index contributed by atoms with van der Waals surface area (Å²) in [5, 5.41) is 2.77. The highest BCUT2D eigenvalue weighted by Crippen LogP contribution is 2.33. The summed E-state index contributed by atoms with van der Waals surface area (Å²) in [5.41, 5.74) is 18.6. The normalized spacial score (nSPS) is 15.1.